The summed E-state index contributed by atoms with van der Waals surface area (Å²) < 4.78 is 6.69. The Morgan fingerprint density at radius 1 is 1.43 bits per heavy atom. The molecule has 0 amide bonds. The van der Waals surface area contributed by atoms with Crippen LogP contribution in [0.5, 0.6) is 0 Å². The largest absolute Gasteiger partial charge is 0.379 e. The van der Waals surface area contributed by atoms with Gasteiger partial charge in [0.2, 0.25) is 0 Å². The van der Waals surface area contributed by atoms with E-state index < -0.39 is 0 Å². The lowest BCUT2D eigenvalue weighted by molar-refractivity contribution is 0.0241. The van der Waals surface area contributed by atoms with Crippen molar-refractivity contribution in [2.75, 3.05) is 32.5 Å². The van der Waals surface area contributed by atoms with Crippen molar-refractivity contribution < 1.29 is 4.74 Å². The third-order valence-corrected chi connectivity index (χ3v) is 5.31. The normalized spacial score (nSPS) is 13.9. The van der Waals surface area contributed by atoms with E-state index in [1.54, 1.807) is 30.2 Å². The molecule has 0 radical (unpaired) electrons. The van der Waals surface area contributed by atoms with Gasteiger partial charge in [0.1, 0.15) is 4.34 Å². The average Bonchev–Trinajstić information content (AvgIpc) is 2.99. The van der Waals surface area contributed by atoms with Crippen LogP contribution in [0, 0.1) is 5.41 Å². The smallest absolute Gasteiger partial charge is 0.191 e. The van der Waals surface area contributed by atoms with Gasteiger partial charge in [-0.25, -0.2) is 4.98 Å². The predicted molar refractivity (Wildman–Crippen MR) is 102 cm³/mol. The first-order valence-electron chi connectivity index (χ1n) is 8.04. The summed E-state index contributed by atoms with van der Waals surface area (Å²) >= 11 is 3.50. The van der Waals surface area contributed by atoms with E-state index in [-0.39, 0.29) is 11.5 Å². The van der Waals surface area contributed by atoms with Crippen molar-refractivity contribution in [2.45, 2.75) is 44.6 Å². The number of thiazole rings is 1. The first-order chi connectivity index (χ1) is 11.0. The third kappa shape index (κ3) is 8.58. The fourth-order valence-electron chi connectivity index (χ4n) is 1.94. The molecule has 1 heterocycles. The zero-order valence-corrected chi connectivity index (χ0v) is 16.5. The molecule has 23 heavy (non-hydrogen) atoms. The van der Waals surface area contributed by atoms with Gasteiger partial charge in [-0.05, 0) is 18.8 Å². The SMILES string of the molecule is CCNC(=NCC(OC)C(C)(C)C)NCCCSc1nccs1. The second-order valence-corrected chi connectivity index (χ2v) is 8.47. The number of aliphatic imine (C=N–C) groups is 1. The minimum absolute atomic E-state index is 0.0833. The van der Waals surface area contributed by atoms with Crippen LogP contribution in [0.3, 0.4) is 0 Å². The van der Waals surface area contributed by atoms with Gasteiger partial charge in [0, 0.05) is 37.5 Å². The lowest BCUT2D eigenvalue weighted by Crippen LogP contribution is -2.39. The number of nitrogens with one attached hydrogen (secondary N) is 2. The van der Waals surface area contributed by atoms with Crippen LogP contribution < -0.4 is 10.6 Å². The van der Waals surface area contributed by atoms with Crippen LogP contribution in [0.1, 0.15) is 34.1 Å². The van der Waals surface area contributed by atoms with Gasteiger partial charge in [-0.1, -0.05) is 32.5 Å². The van der Waals surface area contributed by atoms with Gasteiger partial charge in [0.05, 0.1) is 12.6 Å². The third-order valence-electron chi connectivity index (χ3n) is 3.26. The van der Waals surface area contributed by atoms with Crippen molar-refractivity contribution in [3.05, 3.63) is 11.6 Å². The Morgan fingerprint density at radius 2 is 2.22 bits per heavy atom. The van der Waals surface area contributed by atoms with Crippen LogP contribution in [0.4, 0.5) is 0 Å². The van der Waals surface area contributed by atoms with Gasteiger partial charge in [0.15, 0.2) is 5.96 Å². The molecular weight excluding hydrogens is 328 g/mol. The standard InChI is InChI=1S/C16H30N4OS2/c1-6-17-14(20-12-13(21-5)16(2,3)4)18-8-7-10-22-15-19-9-11-23-15/h9,11,13H,6-8,10,12H2,1-5H3,(H2,17,18,20). The molecule has 1 aromatic rings. The van der Waals surface area contributed by atoms with E-state index in [1.807, 2.05) is 11.6 Å². The van der Waals surface area contributed by atoms with Crippen molar-refractivity contribution in [1.29, 1.82) is 0 Å². The van der Waals surface area contributed by atoms with Gasteiger partial charge in [-0.2, -0.15) is 0 Å². The summed E-state index contributed by atoms with van der Waals surface area (Å²) in [5, 5.41) is 8.68. The highest BCUT2D eigenvalue weighted by molar-refractivity contribution is 8.00. The van der Waals surface area contributed by atoms with Gasteiger partial charge in [-0.15, -0.1) is 11.3 Å². The summed E-state index contributed by atoms with van der Waals surface area (Å²) in [7, 11) is 1.75. The fraction of sp³-hybridized carbons (Fsp3) is 0.750. The summed E-state index contributed by atoms with van der Waals surface area (Å²) in [6.45, 7) is 11.0. The number of hydrogen-bond donors (Lipinski definition) is 2. The molecule has 0 aliphatic carbocycles. The van der Waals surface area contributed by atoms with Gasteiger partial charge in [0.25, 0.3) is 0 Å². The number of nitrogens with zero attached hydrogens (tertiary/aromatic N) is 2. The highest BCUT2D eigenvalue weighted by Gasteiger charge is 2.23. The Balaban J connectivity index is 2.33. The molecule has 0 saturated heterocycles. The van der Waals surface area contributed by atoms with E-state index in [0.29, 0.717) is 6.54 Å². The van der Waals surface area contributed by atoms with E-state index in [2.05, 4.69) is 48.3 Å². The maximum Gasteiger partial charge on any atom is 0.191 e. The number of hydrogen-bond acceptors (Lipinski definition) is 5. The lowest BCUT2D eigenvalue weighted by atomic mass is 9.89. The first-order valence-corrected chi connectivity index (χ1v) is 9.91. The second kappa shape index (κ2) is 10.9. The molecule has 0 saturated carbocycles. The molecule has 1 atom stereocenters. The van der Waals surface area contributed by atoms with E-state index in [0.717, 1.165) is 35.6 Å². The maximum atomic E-state index is 5.56. The molecule has 0 bridgehead atoms. The summed E-state index contributed by atoms with van der Waals surface area (Å²) in [4.78, 5) is 8.92. The van der Waals surface area contributed by atoms with Crippen LogP contribution >= 0.6 is 23.1 Å². The Kier molecular flexibility index (Phi) is 9.59. The van der Waals surface area contributed by atoms with Crippen molar-refractivity contribution in [2.24, 2.45) is 10.4 Å². The Labute approximate surface area is 148 Å². The van der Waals surface area contributed by atoms with E-state index >= 15 is 0 Å². The highest BCUT2D eigenvalue weighted by Crippen LogP contribution is 2.22. The number of rotatable bonds is 9. The molecule has 0 spiro atoms. The molecule has 0 aliphatic rings. The van der Waals surface area contributed by atoms with Crippen molar-refractivity contribution >= 4 is 29.1 Å². The predicted octanol–water partition coefficient (Wildman–Crippen LogP) is 3.24. The van der Waals surface area contributed by atoms with Crippen LogP contribution in [0.2, 0.25) is 0 Å². The summed E-state index contributed by atoms with van der Waals surface area (Å²) in [5.74, 6) is 1.92. The molecular formula is C16H30N4OS2. The highest BCUT2D eigenvalue weighted by atomic mass is 32.2. The molecule has 1 rings (SSSR count). The number of methoxy groups -OCH3 is 1. The monoisotopic (exact) mass is 358 g/mol. The maximum absolute atomic E-state index is 5.56. The molecule has 5 nitrogen and oxygen atoms in total. The molecule has 7 heteroatoms. The topological polar surface area (TPSA) is 58.5 Å². The van der Waals surface area contributed by atoms with Gasteiger partial charge >= 0.3 is 0 Å². The zero-order valence-electron chi connectivity index (χ0n) is 14.9. The number of aromatic nitrogens is 1. The number of guanidine groups is 1. The molecule has 1 aromatic heterocycles. The summed E-state index contributed by atoms with van der Waals surface area (Å²) in [5.41, 5.74) is 0.0833. The molecule has 2 N–H and O–H groups in total. The van der Waals surface area contributed by atoms with E-state index in [1.165, 1.54) is 0 Å². The lowest BCUT2D eigenvalue weighted by Gasteiger charge is -2.28. The average molecular weight is 359 g/mol. The fourth-order valence-corrected chi connectivity index (χ4v) is 3.59. The van der Waals surface area contributed by atoms with Crippen molar-refractivity contribution in [3.8, 4) is 0 Å². The van der Waals surface area contributed by atoms with E-state index in [4.69, 9.17) is 4.74 Å². The van der Waals surface area contributed by atoms with E-state index in [9.17, 15) is 0 Å². The van der Waals surface area contributed by atoms with Crippen LogP contribution in [0.15, 0.2) is 20.9 Å². The number of ether oxygens (including phenoxy) is 1. The summed E-state index contributed by atoms with van der Waals surface area (Å²) in [6.07, 6.45) is 3.03. The Bertz CT molecular complexity index is 443. The molecule has 0 aromatic carbocycles. The zero-order chi connectivity index (χ0) is 17.1. The molecule has 132 valence electrons. The number of thioether (sulfide) groups is 1. The summed E-state index contributed by atoms with van der Waals surface area (Å²) in [6, 6.07) is 0. The molecule has 0 aliphatic heterocycles. The van der Waals surface area contributed by atoms with Crippen LogP contribution in [-0.2, 0) is 4.74 Å². The van der Waals surface area contributed by atoms with Crippen LogP contribution in [-0.4, -0.2) is 49.5 Å². The van der Waals surface area contributed by atoms with Crippen molar-refractivity contribution in [3.63, 3.8) is 0 Å². The van der Waals surface area contributed by atoms with Crippen LogP contribution in [0.25, 0.3) is 0 Å². The second-order valence-electron chi connectivity index (χ2n) is 6.24. The Hall–Kier alpha value is -0.790. The minimum atomic E-state index is 0.0833. The van der Waals surface area contributed by atoms with Crippen molar-refractivity contribution in [1.82, 2.24) is 15.6 Å². The minimum Gasteiger partial charge on any atom is -0.379 e. The van der Waals surface area contributed by atoms with Gasteiger partial charge < -0.3 is 15.4 Å². The quantitative estimate of drug-likeness (QED) is 0.307. The molecule has 1 unspecified atom stereocenters. The molecule has 0 fully saturated rings. The first kappa shape index (κ1) is 20.3. The Morgan fingerprint density at radius 3 is 2.78 bits per heavy atom. The van der Waals surface area contributed by atoms with Gasteiger partial charge in [-0.3, -0.25) is 4.99 Å².